The van der Waals surface area contributed by atoms with E-state index in [-0.39, 0.29) is 5.56 Å². The van der Waals surface area contributed by atoms with Gasteiger partial charge in [0.1, 0.15) is 5.69 Å². The minimum atomic E-state index is -0.0415. The third-order valence-corrected chi connectivity index (χ3v) is 5.15. The van der Waals surface area contributed by atoms with Crippen molar-refractivity contribution in [2.75, 3.05) is 24.3 Å². The normalized spacial score (nSPS) is 10.8. The number of nitrogens with one attached hydrogen (secondary N) is 1. The van der Waals surface area contributed by atoms with E-state index in [0.29, 0.717) is 12.2 Å². The van der Waals surface area contributed by atoms with Crippen LogP contribution in [0.4, 0.5) is 11.4 Å². The fraction of sp³-hybridized carbons (Fsp3) is 0.250. The maximum absolute atomic E-state index is 12.9. The number of benzene rings is 2. The molecule has 6 heteroatoms. The summed E-state index contributed by atoms with van der Waals surface area (Å²) in [5.74, 6) is 0. The van der Waals surface area contributed by atoms with Gasteiger partial charge in [-0.15, -0.1) is 0 Å². The molecule has 5 nitrogen and oxygen atoms in total. The Morgan fingerprint density at radius 3 is 2.42 bits per heavy atom. The lowest BCUT2D eigenvalue weighted by atomic mass is 10.2. The van der Waals surface area contributed by atoms with Crippen LogP contribution in [-0.4, -0.2) is 23.5 Å². The number of halogens is 1. The molecule has 0 unspecified atom stereocenters. The predicted molar refractivity (Wildman–Crippen MR) is 112 cm³/mol. The minimum absolute atomic E-state index is 0.0415. The number of hydrogen-bond acceptors (Lipinski definition) is 3. The van der Waals surface area contributed by atoms with E-state index < -0.39 is 0 Å². The molecule has 136 valence electrons. The maximum Gasteiger partial charge on any atom is 0.295 e. The molecular weight excluding hydrogens is 392 g/mol. The third kappa shape index (κ3) is 3.42. The molecule has 3 rings (SSSR count). The third-order valence-electron chi connectivity index (χ3n) is 4.52. The number of hydrogen-bond donors (Lipinski definition) is 1. The molecule has 3 aromatic rings. The Labute approximate surface area is 162 Å². The Balaban J connectivity index is 1.88. The van der Waals surface area contributed by atoms with Gasteiger partial charge in [-0.05, 0) is 52.7 Å². The molecule has 2 aromatic carbocycles. The molecular formula is C20H23BrN4O. The van der Waals surface area contributed by atoms with Crippen molar-refractivity contribution in [2.24, 2.45) is 7.05 Å². The zero-order valence-electron chi connectivity index (χ0n) is 15.5. The van der Waals surface area contributed by atoms with Crippen molar-refractivity contribution in [3.8, 4) is 5.69 Å². The van der Waals surface area contributed by atoms with Crippen LogP contribution in [0.2, 0.25) is 0 Å². The summed E-state index contributed by atoms with van der Waals surface area (Å²) in [6.45, 7) is 2.54. The molecule has 0 saturated heterocycles. The number of rotatable bonds is 5. The molecule has 1 heterocycles. The maximum atomic E-state index is 12.9. The first kappa shape index (κ1) is 18.3. The summed E-state index contributed by atoms with van der Waals surface area (Å²) in [6.07, 6.45) is 0. The summed E-state index contributed by atoms with van der Waals surface area (Å²) in [4.78, 5) is 15.0. The molecule has 0 aliphatic rings. The highest BCUT2D eigenvalue weighted by atomic mass is 79.9. The van der Waals surface area contributed by atoms with Crippen LogP contribution in [0, 0.1) is 6.92 Å². The SMILES string of the molecule is Cc1c(NCc2ccc(N(C)C)c(Br)c2)c(=O)n(-c2ccccc2)n1C. The second-order valence-electron chi connectivity index (χ2n) is 6.47. The van der Waals surface area contributed by atoms with Gasteiger partial charge < -0.3 is 10.2 Å². The van der Waals surface area contributed by atoms with E-state index in [0.717, 1.165) is 27.1 Å². The summed E-state index contributed by atoms with van der Waals surface area (Å²) in [5.41, 5.74) is 4.58. The highest BCUT2D eigenvalue weighted by Crippen LogP contribution is 2.26. The van der Waals surface area contributed by atoms with Crippen molar-refractivity contribution in [1.82, 2.24) is 9.36 Å². The highest BCUT2D eigenvalue weighted by molar-refractivity contribution is 9.10. The second-order valence-corrected chi connectivity index (χ2v) is 7.32. The first-order chi connectivity index (χ1) is 12.4. The van der Waals surface area contributed by atoms with Crippen molar-refractivity contribution >= 4 is 27.3 Å². The van der Waals surface area contributed by atoms with E-state index >= 15 is 0 Å². The van der Waals surface area contributed by atoms with Gasteiger partial charge in [0.15, 0.2) is 0 Å². The van der Waals surface area contributed by atoms with Crippen molar-refractivity contribution in [3.05, 3.63) is 74.6 Å². The van der Waals surface area contributed by atoms with Crippen LogP contribution in [0.15, 0.2) is 57.8 Å². The Morgan fingerprint density at radius 1 is 1.12 bits per heavy atom. The van der Waals surface area contributed by atoms with Crippen LogP contribution < -0.4 is 15.8 Å². The van der Waals surface area contributed by atoms with Gasteiger partial charge in [0.2, 0.25) is 0 Å². The topological polar surface area (TPSA) is 42.2 Å². The van der Waals surface area contributed by atoms with Crippen LogP contribution in [0.5, 0.6) is 0 Å². The van der Waals surface area contributed by atoms with Gasteiger partial charge in [0.25, 0.3) is 5.56 Å². The fourth-order valence-electron chi connectivity index (χ4n) is 2.99. The molecule has 0 radical (unpaired) electrons. The van der Waals surface area contributed by atoms with E-state index in [1.807, 2.05) is 63.1 Å². The largest absolute Gasteiger partial charge is 0.377 e. The van der Waals surface area contributed by atoms with Crippen molar-refractivity contribution < 1.29 is 0 Å². The Bertz CT molecular complexity index is 973. The lowest BCUT2D eigenvalue weighted by Gasteiger charge is -2.15. The molecule has 26 heavy (non-hydrogen) atoms. The number of para-hydroxylation sites is 1. The standard InChI is InChI=1S/C20H23BrN4O/c1-14-19(20(26)25(24(14)4)16-8-6-5-7-9-16)22-13-15-10-11-18(23(2)3)17(21)12-15/h5-12,22H,13H2,1-4H3. The number of aromatic nitrogens is 2. The summed E-state index contributed by atoms with van der Waals surface area (Å²) < 4.78 is 4.60. The molecule has 0 aliphatic carbocycles. The fourth-order valence-corrected chi connectivity index (χ4v) is 3.77. The van der Waals surface area contributed by atoms with Gasteiger partial charge in [0.05, 0.1) is 17.1 Å². The molecule has 1 N–H and O–H groups in total. The zero-order valence-corrected chi connectivity index (χ0v) is 17.0. The minimum Gasteiger partial charge on any atom is -0.377 e. The summed E-state index contributed by atoms with van der Waals surface area (Å²) in [6, 6.07) is 15.9. The van der Waals surface area contributed by atoms with Gasteiger partial charge in [0, 0.05) is 32.2 Å². The molecule has 0 spiro atoms. The van der Waals surface area contributed by atoms with E-state index in [1.54, 1.807) is 4.68 Å². The van der Waals surface area contributed by atoms with Crippen LogP contribution in [0.25, 0.3) is 5.69 Å². The molecule has 0 amide bonds. The average molecular weight is 415 g/mol. The Hall–Kier alpha value is -2.47. The molecule has 0 fully saturated rings. The van der Waals surface area contributed by atoms with Gasteiger partial charge in [-0.1, -0.05) is 24.3 Å². The van der Waals surface area contributed by atoms with E-state index in [4.69, 9.17) is 0 Å². The van der Waals surface area contributed by atoms with Gasteiger partial charge in [-0.3, -0.25) is 9.48 Å². The lowest BCUT2D eigenvalue weighted by Crippen LogP contribution is -2.21. The van der Waals surface area contributed by atoms with Crippen molar-refractivity contribution in [1.29, 1.82) is 0 Å². The Kier molecular flexibility index (Phi) is 5.23. The van der Waals surface area contributed by atoms with Crippen LogP contribution in [-0.2, 0) is 13.6 Å². The smallest absolute Gasteiger partial charge is 0.295 e. The quantitative estimate of drug-likeness (QED) is 0.687. The summed E-state index contributed by atoms with van der Waals surface area (Å²) in [5, 5.41) is 3.32. The average Bonchev–Trinajstić information content (AvgIpc) is 2.83. The van der Waals surface area contributed by atoms with E-state index in [2.05, 4.69) is 44.3 Å². The van der Waals surface area contributed by atoms with Gasteiger partial charge in [-0.25, -0.2) is 4.68 Å². The Morgan fingerprint density at radius 2 is 1.81 bits per heavy atom. The molecule has 0 atom stereocenters. The molecule has 0 aliphatic heterocycles. The molecule has 0 bridgehead atoms. The highest BCUT2D eigenvalue weighted by Gasteiger charge is 2.15. The monoisotopic (exact) mass is 414 g/mol. The van der Waals surface area contributed by atoms with E-state index in [1.165, 1.54) is 0 Å². The molecule has 0 saturated carbocycles. The summed E-state index contributed by atoms with van der Waals surface area (Å²) in [7, 11) is 5.92. The van der Waals surface area contributed by atoms with Gasteiger partial charge >= 0.3 is 0 Å². The van der Waals surface area contributed by atoms with Crippen molar-refractivity contribution in [2.45, 2.75) is 13.5 Å². The number of anilines is 2. The predicted octanol–water partition coefficient (Wildman–Crippen LogP) is 3.93. The van der Waals surface area contributed by atoms with Gasteiger partial charge in [-0.2, -0.15) is 0 Å². The van der Waals surface area contributed by atoms with Crippen LogP contribution >= 0.6 is 15.9 Å². The first-order valence-corrected chi connectivity index (χ1v) is 9.23. The van der Waals surface area contributed by atoms with Crippen LogP contribution in [0.3, 0.4) is 0 Å². The first-order valence-electron chi connectivity index (χ1n) is 8.43. The second kappa shape index (κ2) is 7.41. The number of nitrogens with zero attached hydrogens (tertiary/aromatic N) is 3. The summed E-state index contributed by atoms with van der Waals surface area (Å²) >= 11 is 3.61. The lowest BCUT2D eigenvalue weighted by molar-refractivity contribution is 0.630. The van der Waals surface area contributed by atoms with Crippen molar-refractivity contribution in [3.63, 3.8) is 0 Å². The van der Waals surface area contributed by atoms with Crippen LogP contribution in [0.1, 0.15) is 11.3 Å². The van der Waals surface area contributed by atoms with E-state index in [9.17, 15) is 4.79 Å². The molecule has 1 aromatic heterocycles. The zero-order chi connectivity index (χ0) is 18.8.